The van der Waals surface area contributed by atoms with Gasteiger partial charge in [-0.1, -0.05) is 30.3 Å². The molecular weight excluding hydrogens is 340 g/mol. The largest absolute Gasteiger partial charge is 0.444 e. The van der Waals surface area contributed by atoms with Crippen molar-refractivity contribution in [3.8, 4) is 0 Å². The van der Waals surface area contributed by atoms with Crippen molar-refractivity contribution in [3.63, 3.8) is 0 Å². The Hall–Kier alpha value is -2.34. The number of anilines is 1. The molecule has 6 nitrogen and oxygen atoms in total. The SMILES string of the molecule is CN(Cc1cnc(Cl)nc1NCc1ccccc1)C(=O)OC(C)(C)C. The average molecular weight is 363 g/mol. The number of rotatable bonds is 5. The van der Waals surface area contributed by atoms with Crippen LogP contribution in [0.1, 0.15) is 31.9 Å². The first-order valence-electron chi connectivity index (χ1n) is 7.98. The first kappa shape index (κ1) is 19.0. The zero-order valence-corrected chi connectivity index (χ0v) is 15.7. The highest BCUT2D eigenvalue weighted by Gasteiger charge is 2.20. The fourth-order valence-corrected chi connectivity index (χ4v) is 2.23. The molecule has 134 valence electrons. The van der Waals surface area contributed by atoms with Crippen molar-refractivity contribution in [1.82, 2.24) is 14.9 Å². The predicted molar refractivity (Wildman–Crippen MR) is 98.5 cm³/mol. The maximum atomic E-state index is 12.1. The van der Waals surface area contributed by atoms with Crippen molar-refractivity contribution in [2.24, 2.45) is 0 Å². The summed E-state index contributed by atoms with van der Waals surface area (Å²) in [5.41, 5.74) is 1.33. The molecule has 0 radical (unpaired) electrons. The Morgan fingerprint density at radius 2 is 1.96 bits per heavy atom. The number of benzene rings is 1. The van der Waals surface area contributed by atoms with Crippen LogP contribution in [0.3, 0.4) is 0 Å². The van der Waals surface area contributed by atoms with Crippen LogP contribution in [0.25, 0.3) is 0 Å². The molecule has 0 bridgehead atoms. The highest BCUT2D eigenvalue weighted by Crippen LogP contribution is 2.18. The van der Waals surface area contributed by atoms with Crippen molar-refractivity contribution in [1.29, 1.82) is 0 Å². The third kappa shape index (κ3) is 6.23. The van der Waals surface area contributed by atoms with Gasteiger partial charge in [0.15, 0.2) is 0 Å². The van der Waals surface area contributed by atoms with Gasteiger partial charge in [-0.05, 0) is 37.9 Å². The maximum absolute atomic E-state index is 12.1. The van der Waals surface area contributed by atoms with E-state index >= 15 is 0 Å². The number of hydrogen-bond acceptors (Lipinski definition) is 5. The van der Waals surface area contributed by atoms with E-state index in [1.54, 1.807) is 13.2 Å². The number of carbonyl (C=O) groups excluding carboxylic acids is 1. The van der Waals surface area contributed by atoms with Gasteiger partial charge < -0.3 is 15.0 Å². The lowest BCUT2D eigenvalue weighted by atomic mass is 10.2. The van der Waals surface area contributed by atoms with Gasteiger partial charge in [-0.15, -0.1) is 0 Å². The van der Waals surface area contributed by atoms with Crippen LogP contribution in [-0.2, 0) is 17.8 Å². The van der Waals surface area contributed by atoms with E-state index in [1.165, 1.54) is 4.90 Å². The molecule has 1 aromatic carbocycles. The molecule has 2 rings (SSSR count). The van der Waals surface area contributed by atoms with Gasteiger partial charge in [0.05, 0.1) is 6.54 Å². The standard InChI is InChI=1S/C18H23ClN4O2/c1-18(2,3)25-17(24)23(4)12-14-11-21-16(19)22-15(14)20-10-13-8-6-5-7-9-13/h5-9,11H,10,12H2,1-4H3,(H,20,21,22). The number of ether oxygens (including phenoxy) is 1. The summed E-state index contributed by atoms with van der Waals surface area (Å²) in [6.45, 7) is 6.39. The van der Waals surface area contributed by atoms with E-state index in [0.717, 1.165) is 11.1 Å². The summed E-state index contributed by atoms with van der Waals surface area (Å²) >= 11 is 5.92. The Morgan fingerprint density at radius 1 is 1.28 bits per heavy atom. The lowest BCUT2D eigenvalue weighted by Gasteiger charge is -2.25. The van der Waals surface area contributed by atoms with E-state index in [0.29, 0.717) is 18.9 Å². The molecule has 2 aromatic rings. The zero-order valence-electron chi connectivity index (χ0n) is 14.9. The predicted octanol–water partition coefficient (Wildman–Crippen LogP) is 4.11. The molecule has 0 saturated heterocycles. The minimum Gasteiger partial charge on any atom is -0.444 e. The summed E-state index contributed by atoms with van der Waals surface area (Å²) in [4.78, 5) is 21.9. The fourth-order valence-electron chi connectivity index (χ4n) is 2.10. The monoisotopic (exact) mass is 362 g/mol. The molecule has 0 unspecified atom stereocenters. The van der Waals surface area contributed by atoms with Crippen molar-refractivity contribution in [2.45, 2.75) is 39.5 Å². The molecule has 0 aliphatic carbocycles. The van der Waals surface area contributed by atoms with Crippen molar-refractivity contribution in [3.05, 3.63) is 52.9 Å². The van der Waals surface area contributed by atoms with Gasteiger partial charge in [0.1, 0.15) is 11.4 Å². The quantitative estimate of drug-likeness (QED) is 0.811. The van der Waals surface area contributed by atoms with Crippen LogP contribution < -0.4 is 5.32 Å². The van der Waals surface area contributed by atoms with Crippen molar-refractivity contribution >= 4 is 23.5 Å². The van der Waals surface area contributed by atoms with Crippen LogP contribution in [0.2, 0.25) is 5.28 Å². The number of nitrogens with one attached hydrogen (secondary N) is 1. The number of aromatic nitrogens is 2. The number of hydrogen-bond donors (Lipinski definition) is 1. The average Bonchev–Trinajstić information content (AvgIpc) is 2.54. The third-order valence-corrected chi connectivity index (χ3v) is 3.43. The summed E-state index contributed by atoms with van der Waals surface area (Å²) < 4.78 is 5.36. The van der Waals surface area contributed by atoms with Crippen LogP contribution >= 0.6 is 11.6 Å². The van der Waals surface area contributed by atoms with Crippen LogP contribution in [0.15, 0.2) is 36.5 Å². The zero-order chi connectivity index (χ0) is 18.4. The summed E-state index contributed by atoms with van der Waals surface area (Å²) in [6, 6.07) is 9.94. The van der Waals surface area contributed by atoms with Gasteiger partial charge in [-0.3, -0.25) is 0 Å². The second-order valence-electron chi connectivity index (χ2n) is 6.69. The molecule has 1 heterocycles. The number of carbonyl (C=O) groups is 1. The van der Waals surface area contributed by atoms with E-state index in [-0.39, 0.29) is 5.28 Å². The third-order valence-electron chi connectivity index (χ3n) is 3.25. The molecular formula is C18H23ClN4O2. The molecule has 0 fully saturated rings. The van der Waals surface area contributed by atoms with Gasteiger partial charge in [-0.25, -0.2) is 14.8 Å². The Balaban J connectivity index is 2.08. The summed E-state index contributed by atoms with van der Waals surface area (Å²) in [7, 11) is 1.67. The molecule has 1 N–H and O–H groups in total. The van der Waals surface area contributed by atoms with Gasteiger partial charge in [0, 0.05) is 25.4 Å². The van der Waals surface area contributed by atoms with Crippen LogP contribution in [0.5, 0.6) is 0 Å². The van der Waals surface area contributed by atoms with Crippen LogP contribution in [0, 0.1) is 0 Å². The minimum absolute atomic E-state index is 0.152. The molecule has 0 aliphatic rings. The van der Waals surface area contributed by atoms with E-state index < -0.39 is 11.7 Å². The summed E-state index contributed by atoms with van der Waals surface area (Å²) in [5, 5.41) is 3.40. The molecule has 1 aromatic heterocycles. The maximum Gasteiger partial charge on any atom is 0.410 e. The highest BCUT2D eigenvalue weighted by molar-refractivity contribution is 6.28. The van der Waals surface area contributed by atoms with E-state index in [9.17, 15) is 4.79 Å². The highest BCUT2D eigenvalue weighted by atomic mass is 35.5. The minimum atomic E-state index is -0.545. The first-order chi connectivity index (χ1) is 11.7. The topological polar surface area (TPSA) is 67.4 Å². The molecule has 25 heavy (non-hydrogen) atoms. The Labute approximate surface area is 153 Å². The molecule has 0 spiro atoms. The Morgan fingerprint density at radius 3 is 2.60 bits per heavy atom. The molecule has 1 amide bonds. The van der Waals surface area contributed by atoms with E-state index in [4.69, 9.17) is 16.3 Å². The molecule has 0 saturated carbocycles. The second-order valence-corrected chi connectivity index (χ2v) is 7.03. The van der Waals surface area contributed by atoms with Crippen molar-refractivity contribution < 1.29 is 9.53 Å². The number of nitrogens with zero attached hydrogens (tertiary/aromatic N) is 3. The fraction of sp³-hybridized carbons (Fsp3) is 0.389. The summed E-state index contributed by atoms with van der Waals surface area (Å²) in [6.07, 6.45) is 1.21. The van der Waals surface area contributed by atoms with E-state index in [2.05, 4.69) is 15.3 Å². The number of amides is 1. The first-order valence-corrected chi connectivity index (χ1v) is 8.36. The molecule has 0 aliphatic heterocycles. The van der Waals surface area contributed by atoms with Gasteiger partial charge in [0.2, 0.25) is 5.28 Å². The van der Waals surface area contributed by atoms with Crippen molar-refractivity contribution in [2.75, 3.05) is 12.4 Å². The second kappa shape index (κ2) is 8.16. The number of halogens is 1. The molecule has 7 heteroatoms. The van der Waals surface area contributed by atoms with Gasteiger partial charge >= 0.3 is 6.09 Å². The van der Waals surface area contributed by atoms with Gasteiger partial charge in [-0.2, -0.15) is 0 Å². The normalized spacial score (nSPS) is 11.1. The Kier molecular flexibility index (Phi) is 6.20. The lowest BCUT2D eigenvalue weighted by Crippen LogP contribution is -2.34. The lowest BCUT2D eigenvalue weighted by molar-refractivity contribution is 0.0285. The van der Waals surface area contributed by atoms with E-state index in [1.807, 2.05) is 51.1 Å². The molecule has 0 atom stereocenters. The van der Waals surface area contributed by atoms with Crippen LogP contribution in [-0.4, -0.2) is 33.6 Å². The smallest absolute Gasteiger partial charge is 0.410 e. The van der Waals surface area contributed by atoms with Gasteiger partial charge in [0.25, 0.3) is 0 Å². The summed E-state index contributed by atoms with van der Waals surface area (Å²) in [5.74, 6) is 0.597. The van der Waals surface area contributed by atoms with Crippen LogP contribution in [0.4, 0.5) is 10.6 Å². The Bertz CT molecular complexity index is 717.